The zero-order valence-corrected chi connectivity index (χ0v) is 24.8. The van der Waals surface area contributed by atoms with Crippen molar-refractivity contribution >= 4 is 30.8 Å². The maximum atomic E-state index is 12.2. The third-order valence-corrected chi connectivity index (χ3v) is 12.7. The second-order valence-corrected chi connectivity index (χ2v) is 16.1. The molecule has 0 bridgehead atoms. The molecule has 1 fully saturated rings. The van der Waals surface area contributed by atoms with Gasteiger partial charge >= 0.3 is 36.5 Å². The van der Waals surface area contributed by atoms with Crippen molar-refractivity contribution in [2.45, 2.75) is 57.5 Å². The summed E-state index contributed by atoms with van der Waals surface area (Å²) in [6.07, 6.45) is -0.473. The third-order valence-electron chi connectivity index (χ3n) is 5.25. The quantitative estimate of drug-likeness (QED) is 0.0890. The highest BCUT2D eigenvalue weighted by molar-refractivity contribution is 7.75. The molecule has 19 nitrogen and oxygen atoms in total. The van der Waals surface area contributed by atoms with Crippen LogP contribution in [-0.4, -0.2) is 72.1 Å². The Bertz CT molecular complexity index is 1320. The van der Waals surface area contributed by atoms with Crippen molar-refractivity contribution in [3.8, 4) is 0 Å². The lowest BCUT2D eigenvalue weighted by Gasteiger charge is -2.21. The number of aromatic nitrogens is 2. The highest BCUT2D eigenvalue weighted by Gasteiger charge is 2.45. The van der Waals surface area contributed by atoms with Crippen molar-refractivity contribution in [1.82, 2.24) is 9.55 Å². The van der Waals surface area contributed by atoms with E-state index in [0.717, 1.165) is 17.4 Å². The lowest BCUT2D eigenvalue weighted by Crippen LogP contribution is -2.33. The van der Waals surface area contributed by atoms with Crippen molar-refractivity contribution in [3.05, 3.63) is 32.6 Å². The normalized spacial score (nSPS) is 25.5. The summed E-state index contributed by atoms with van der Waals surface area (Å²) in [4.78, 5) is 64.6. The first-order valence-corrected chi connectivity index (χ1v) is 18.2. The Kier molecular flexibility index (Phi) is 12.9. The fourth-order valence-corrected chi connectivity index (χ4v) is 9.90. The van der Waals surface area contributed by atoms with E-state index >= 15 is 0 Å². The molecule has 1 saturated heterocycles. The first kappa shape index (κ1) is 35.4. The number of ether oxygens (including phenoxy) is 1. The van der Waals surface area contributed by atoms with Crippen LogP contribution in [0.5, 0.6) is 0 Å². The molecule has 23 heteroatoms. The van der Waals surface area contributed by atoms with E-state index in [2.05, 4.69) is 17.7 Å². The molecule has 40 heavy (non-hydrogen) atoms. The van der Waals surface area contributed by atoms with Crippen LogP contribution in [0.1, 0.15) is 43.9 Å². The Morgan fingerprint density at radius 3 is 2.30 bits per heavy atom. The van der Waals surface area contributed by atoms with Crippen LogP contribution in [-0.2, 0) is 40.7 Å². The standard InChI is InChI=1S/C17H33N3O16P4/c1-12-9-20(17(23)19-16(12)22)15-8-13(21)14(34-15)10-33-39(28,29)36-40(30,31)35-38(26,27)11-37(24,25)32-7-5-3-2-4-6-18/h9,13-15,21H,2-8,10-11,18H2,1H3,(H,24,25)(H,26,27)(H,28,29)(H,30,31)(H,19,22,23)/t13-,14-,15-/m1/s1. The first-order valence-electron chi connectivity index (χ1n) is 11.7. The molecule has 1 aromatic rings. The molecule has 1 aliphatic heterocycles. The van der Waals surface area contributed by atoms with Gasteiger partial charge in [-0.1, -0.05) is 12.8 Å². The summed E-state index contributed by atoms with van der Waals surface area (Å²) >= 11 is 0. The maximum Gasteiger partial charge on any atom is 0.488 e. The lowest BCUT2D eigenvalue weighted by atomic mass is 10.2. The number of rotatable bonds is 17. The lowest BCUT2D eigenvalue weighted by molar-refractivity contribution is -0.0450. The number of aryl methyl sites for hydroxylation is 1. The molecule has 0 aliphatic carbocycles. The molecule has 2 heterocycles. The molecule has 0 amide bonds. The molecule has 4 unspecified atom stereocenters. The van der Waals surface area contributed by atoms with Gasteiger partial charge in [-0.25, -0.2) is 18.2 Å². The predicted molar refractivity (Wildman–Crippen MR) is 136 cm³/mol. The molecule has 1 aromatic heterocycles. The summed E-state index contributed by atoms with van der Waals surface area (Å²) in [7, 11) is -21.6. The molecular weight excluding hydrogens is 626 g/mol. The SMILES string of the molecule is Cc1cn([C@H]2C[C@@H](O)[C@@H](COP(=O)(O)OP(=O)(O)OP(=O)(O)CP(=O)(O)OCCCCCCN)O2)c(=O)[nH]c1=O. The van der Waals surface area contributed by atoms with E-state index in [-0.39, 0.29) is 18.6 Å². The highest BCUT2D eigenvalue weighted by Crippen LogP contribution is 2.70. The maximum absolute atomic E-state index is 12.2. The topological polar surface area (TPSA) is 296 Å². The van der Waals surface area contributed by atoms with Gasteiger partial charge in [0.1, 0.15) is 12.3 Å². The zero-order valence-electron chi connectivity index (χ0n) is 21.2. The second kappa shape index (κ2) is 14.6. The number of phosphoric acid groups is 2. The second-order valence-electron chi connectivity index (χ2n) is 8.76. The number of nitrogens with zero attached hydrogens (tertiary/aromatic N) is 1. The molecular formula is C17H33N3O16P4. The monoisotopic (exact) mass is 659 g/mol. The summed E-state index contributed by atoms with van der Waals surface area (Å²) in [5.74, 6) is -1.62. The molecule has 232 valence electrons. The Morgan fingerprint density at radius 2 is 1.65 bits per heavy atom. The Balaban J connectivity index is 1.90. The zero-order chi connectivity index (χ0) is 30.4. The van der Waals surface area contributed by atoms with E-state index in [4.69, 9.17) is 10.5 Å². The van der Waals surface area contributed by atoms with Crippen molar-refractivity contribution in [3.63, 3.8) is 0 Å². The van der Waals surface area contributed by atoms with Gasteiger partial charge in [0.05, 0.1) is 19.3 Å². The molecule has 1 aliphatic rings. The molecule has 7 atom stereocenters. The van der Waals surface area contributed by atoms with E-state index < -0.39 is 73.0 Å². The van der Waals surface area contributed by atoms with Crippen LogP contribution >= 0.6 is 30.8 Å². The van der Waals surface area contributed by atoms with Crippen LogP contribution < -0.4 is 17.0 Å². The highest BCUT2D eigenvalue weighted by atomic mass is 31.3. The van der Waals surface area contributed by atoms with Gasteiger partial charge in [0.2, 0.25) is 0 Å². The fraction of sp³-hybridized carbons (Fsp3) is 0.765. The first-order chi connectivity index (χ1) is 18.4. The van der Waals surface area contributed by atoms with Crippen LogP contribution in [0.25, 0.3) is 0 Å². The van der Waals surface area contributed by atoms with Crippen LogP contribution in [0.15, 0.2) is 15.8 Å². The molecule has 2 rings (SSSR count). The van der Waals surface area contributed by atoms with E-state index in [1.165, 1.54) is 13.1 Å². The summed E-state index contributed by atoms with van der Waals surface area (Å²) in [5, 5.41) is 10.2. The average Bonchev–Trinajstić information content (AvgIpc) is 3.15. The predicted octanol–water partition coefficient (Wildman–Crippen LogP) is 0.608. The number of aromatic amines is 1. The van der Waals surface area contributed by atoms with Gasteiger partial charge in [0, 0.05) is 18.2 Å². The van der Waals surface area contributed by atoms with Crippen LogP contribution in [0.2, 0.25) is 0 Å². The fourth-order valence-electron chi connectivity index (χ4n) is 3.43. The summed E-state index contributed by atoms with van der Waals surface area (Å²) in [5.41, 5.74) is 4.02. The van der Waals surface area contributed by atoms with Gasteiger partial charge < -0.3 is 39.7 Å². The van der Waals surface area contributed by atoms with Crippen molar-refractivity contribution in [2.24, 2.45) is 5.73 Å². The number of nitrogens with two attached hydrogens (primary N) is 1. The van der Waals surface area contributed by atoms with Gasteiger partial charge in [-0.05, 0) is 26.3 Å². The molecule has 8 N–H and O–H groups in total. The minimum Gasteiger partial charge on any atom is -0.390 e. The molecule has 0 spiro atoms. The van der Waals surface area contributed by atoms with Gasteiger partial charge in [-0.2, -0.15) is 4.31 Å². The Hall–Kier alpha value is -0.840. The smallest absolute Gasteiger partial charge is 0.390 e. The van der Waals surface area contributed by atoms with E-state index in [9.17, 15) is 52.5 Å². The van der Waals surface area contributed by atoms with Gasteiger partial charge in [-0.15, -0.1) is 0 Å². The van der Waals surface area contributed by atoms with Gasteiger partial charge in [0.25, 0.3) is 5.56 Å². The average molecular weight is 659 g/mol. The van der Waals surface area contributed by atoms with Crippen molar-refractivity contribution < 1.29 is 65.3 Å². The minimum absolute atomic E-state index is 0.160. The minimum atomic E-state index is -5.85. The number of phosphoric ester groups is 1. The van der Waals surface area contributed by atoms with Crippen LogP contribution in [0.3, 0.4) is 0 Å². The number of nitrogens with one attached hydrogen (secondary N) is 1. The van der Waals surface area contributed by atoms with Gasteiger partial charge in [-0.3, -0.25) is 28.0 Å². The number of hydrogen-bond acceptors (Lipinski definition) is 13. The third kappa shape index (κ3) is 11.8. The Morgan fingerprint density at radius 1 is 1.00 bits per heavy atom. The number of H-pyrrole nitrogens is 1. The van der Waals surface area contributed by atoms with E-state index in [0.29, 0.717) is 19.4 Å². The van der Waals surface area contributed by atoms with Crippen molar-refractivity contribution in [2.75, 3.05) is 25.7 Å². The largest absolute Gasteiger partial charge is 0.488 e. The van der Waals surface area contributed by atoms with Crippen molar-refractivity contribution in [1.29, 1.82) is 0 Å². The van der Waals surface area contributed by atoms with Crippen LogP contribution in [0.4, 0.5) is 0 Å². The number of aliphatic hydroxyl groups is 1. The summed E-state index contributed by atoms with van der Waals surface area (Å²) in [6.45, 7) is 0.692. The number of hydrogen-bond donors (Lipinski definition) is 7. The van der Waals surface area contributed by atoms with E-state index in [1.54, 1.807) is 0 Å². The summed E-state index contributed by atoms with van der Waals surface area (Å²) in [6, 6.07) is 0. The molecule has 0 aromatic carbocycles. The van der Waals surface area contributed by atoms with E-state index in [1.807, 2.05) is 4.98 Å². The molecule has 0 radical (unpaired) electrons. The summed E-state index contributed by atoms with van der Waals surface area (Å²) < 4.78 is 71.9. The number of aliphatic hydroxyl groups excluding tert-OH is 1. The molecule has 0 saturated carbocycles. The van der Waals surface area contributed by atoms with Gasteiger partial charge in [0.15, 0.2) is 5.90 Å². The van der Waals surface area contributed by atoms with Crippen LogP contribution in [0, 0.1) is 6.92 Å². The Labute approximate surface area is 227 Å². The number of unbranched alkanes of at least 4 members (excludes halogenated alkanes) is 3.